The lowest BCUT2D eigenvalue weighted by molar-refractivity contribution is 0.0906. The molecule has 1 N–H and O–H groups in total. The topological polar surface area (TPSA) is 92.2 Å². The van der Waals surface area contributed by atoms with Crippen LogP contribution in [0.15, 0.2) is 53.3 Å². The highest BCUT2D eigenvalue weighted by molar-refractivity contribution is 5.82. The lowest BCUT2D eigenvalue weighted by atomic mass is 10.0. The van der Waals surface area contributed by atoms with Gasteiger partial charge in [-0.05, 0) is 59.3 Å². The molecule has 6 rings (SSSR count). The van der Waals surface area contributed by atoms with Crippen molar-refractivity contribution in [2.75, 3.05) is 37.7 Å². The number of hydrogen-bond acceptors (Lipinski definition) is 7. The summed E-state index contributed by atoms with van der Waals surface area (Å²) in [5.41, 5.74) is 2.88. The van der Waals surface area contributed by atoms with Gasteiger partial charge in [-0.1, -0.05) is 30.3 Å². The highest BCUT2D eigenvalue weighted by Gasteiger charge is 2.34. The molecule has 0 bridgehead atoms. The minimum Gasteiger partial charge on any atom is -0.376 e. The number of aryl methyl sites for hydroxylation is 1. The van der Waals surface area contributed by atoms with E-state index in [0.29, 0.717) is 49.8 Å². The van der Waals surface area contributed by atoms with Gasteiger partial charge in [0.15, 0.2) is 5.82 Å². The second-order valence-corrected chi connectivity index (χ2v) is 9.82. The van der Waals surface area contributed by atoms with Crippen molar-refractivity contribution in [1.29, 1.82) is 0 Å². The maximum atomic E-state index is 14.5. The van der Waals surface area contributed by atoms with E-state index in [4.69, 9.17) is 4.74 Å². The third-order valence-corrected chi connectivity index (χ3v) is 7.49. The molecule has 2 aliphatic heterocycles. The van der Waals surface area contributed by atoms with Gasteiger partial charge in [-0.2, -0.15) is 0 Å². The third-order valence-electron chi connectivity index (χ3n) is 7.49. The fourth-order valence-electron chi connectivity index (χ4n) is 5.55. The number of piperazine rings is 1. The van der Waals surface area contributed by atoms with Gasteiger partial charge < -0.3 is 14.6 Å². The van der Waals surface area contributed by atoms with Crippen LogP contribution in [0.2, 0.25) is 0 Å². The summed E-state index contributed by atoms with van der Waals surface area (Å²) in [5, 5.41) is 13.7. The lowest BCUT2D eigenvalue weighted by Gasteiger charge is -2.39. The largest absolute Gasteiger partial charge is 0.376 e. The summed E-state index contributed by atoms with van der Waals surface area (Å²) in [6.07, 6.45) is 2.03. The normalized spacial score (nSPS) is 19.5. The van der Waals surface area contributed by atoms with E-state index in [0.717, 1.165) is 35.9 Å². The Labute approximate surface area is 213 Å². The molecule has 0 radical (unpaired) electrons. The van der Waals surface area contributed by atoms with E-state index in [-0.39, 0.29) is 17.5 Å². The highest BCUT2D eigenvalue weighted by Crippen LogP contribution is 2.30. The Hall–Kier alpha value is -3.63. The predicted molar refractivity (Wildman–Crippen MR) is 138 cm³/mol. The van der Waals surface area contributed by atoms with Crippen molar-refractivity contribution in [3.63, 3.8) is 0 Å². The summed E-state index contributed by atoms with van der Waals surface area (Å²) in [5.74, 6) is 0.390. The van der Waals surface area contributed by atoms with Crippen molar-refractivity contribution in [1.82, 2.24) is 30.1 Å². The number of para-hydroxylation sites is 2. The molecule has 0 spiro atoms. The molecule has 2 atom stereocenters. The second-order valence-electron chi connectivity index (χ2n) is 9.82. The molecule has 0 amide bonds. The van der Waals surface area contributed by atoms with Gasteiger partial charge in [0.1, 0.15) is 11.9 Å². The van der Waals surface area contributed by atoms with Gasteiger partial charge in [0.25, 0.3) is 5.56 Å². The number of pyridine rings is 1. The van der Waals surface area contributed by atoms with Crippen LogP contribution in [-0.4, -0.2) is 69.0 Å². The number of aromatic amines is 1. The summed E-state index contributed by atoms with van der Waals surface area (Å²) < 4.78 is 22.1. The average Bonchev–Trinajstić information content (AvgIpc) is 3.59. The fourth-order valence-corrected chi connectivity index (χ4v) is 5.55. The van der Waals surface area contributed by atoms with Crippen LogP contribution in [0.25, 0.3) is 10.9 Å². The monoisotopic (exact) mass is 503 g/mol. The van der Waals surface area contributed by atoms with Gasteiger partial charge in [0.2, 0.25) is 0 Å². The van der Waals surface area contributed by atoms with E-state index in [1.165, 1.54) is 6.07 Å². The second kappa shape index (κ2) is 10.0. The fraction of sp³-hybridized carbons (Fsp3) is 0.407. The predicted octanol–water partition coefficient (Wildman–Crippen LogP) is 3.05. The zero-order valence-corrected chi connectivity index (χ0v) is 20.8. The van der Waals surface area contributed by atoms with Crippen molar-refractivity contribution in [3.05, 3.63) is 81.7 Å². The zero-order valence-electron chi connectivity index (χ0n) is 20.8. The van der Waals surface area contributed by atoms with Crippen LogP contribution in [0.3, 0.4) is 0 Å². The number of nitrogens with one attached hydrogen (secondary N) is 1. The molecule has 0 unspecified atom stereocenters. The number of benzene rings is 2. The van der Waals surface area contributed by atoms with E-state index in [2.05, 4.69) is 25.4 Å². The van der Waals surface area contributed by atoms with E-state index < -0.39 is 6.04 Å². The van der Waals surface area contributed by atoms with Crippen LogP contribution < -0.4 is 10.5 Å². The maximum Gasteiger partial charge on any atom is 0.253 e. The van der Waals surface area contributed by atoms with Crippen LogP contribution in [0, 0.1) is 12.7 Å². The Morgan fingerprint density at radius 3 is 2.76 bits per heavy atom. The maximum absolute atomic E-state index is 14.5. The molecule has 2 saturated heterocycles. The molecular formula is C27H30FN7O2. The molecule has 0 aliphatic carbocycles. The molecule has 9 nitrogen and oxygen atoms in total. The third kappa shape index (κ3) is 4.62. The number of anilines is 1. The standard InChI is InChI=1S/C27H30FN7O2/c1-18-6-4-7-19-16-21(27(36)29-24(18)19)25(26-30-31-32-35(26)17-20-8-5-15-37-20)34-13-11-33(12-14-34)23-10-3-2-9-22(23)28/h2-4,6-7,9-10,16,20,25H,5,8,11-15,17H2,1H3,(H,29,36)/t20-,25+/m0/s1. The van der Waals surface area contributed by atoms with Crippen LogP contribution in [0.5, 0.6) is 0 Å². The van der Waals surface area contributed by atoms with Crippen molar-refractivity contribution < 1.29 is 9.13 Å². The molecule has 0 saturated carbocycles. The first kappa shape index (κ1) is 23.7. The smallest absolute Gasteiger partial charge is 0.253 e. The SMILES string of the molecule is Cc1cccc2cc([C@H](c3nnnn3C[C@@H]3CCCO3)N3CCN(c4ccccc4F)CC3)c(=O)[nH]c12. The molecule has 2 fully saturated rings. The first-order valence-corrected chi connectivity index (χ1v) is 12.8. The zero-order chi connectivity index (χ0) is 25.4. The van der Waals surface area contributed by atoms with E-state index in [9.17, 15) is 9.18 Å². The summed E-state index contributed by atoms with van der Waals surface area (Å²) in [7, 11) is 0. The number of fused-ring (bicyclic) bond motifs is 1. The van der Waals surface area contributed by atoms with Gasteiger partial charge >= 0.3 is 0 Å². The number of nitrogens with zero attached hydrogens (tertiary/aromatic N) is 6. The highest BCUT2D eigenvalue weighted by atomic mass is 19.1. The molecule has 10 heteroatoms. The molecular weight excluding hydrogens is 473 g/mol. The van der Waals surface area contributed by atoms with Gasteiger partial charge in [-0.25, -0.2) is 9.07 Å². The number of tetrazole rings is 1. The summed E-state index contributed by atoms with van der Waals surface area (Å²) in [6, 6.07) is 14.3. The van der Waals surface area contributed by atoms with Crippen LogP contribution in [0.1, 0.15) is 35.8 Å². The first-order valence-electron chi connectivity index (χ1n) is 12.8. The Morgan fingerprint density at radius 2 is 1.97 bits per heavy atom. The molecule has 192 valence electrons. The van der Waals surface area contributed by atoms with Gasteiger partial charge in [-0.15, -0.1) is 5.10 Å². The summed E-state index contributed by atoms with van der Waals surface area (Å²) >= 11 is 0. The van der Waals surface area contributed by atoms with Crippen molar-refractivity contribution in [2.45, 2.75) is 38.5 Å². The Morgan fingerprint density at radius 1 is 1.14 bits per heavy atom. The summed E-state index contributed by atoms with van der Waals surface area (Å²) in [4.78, 5) is 20.9. The van der Waals surface area contributed by atoms with Crippen molar-refractivity contribution >= 4 is 16.6 Å². The molecule has 2 aromatic heterocycles. The van der Waals surface area contributed by atoms with E-state index in [1.807, 2.05) is 42.2 Å². The number of halogens is 1. The molecule has 4 heterocycles. The van der Waals surface area contributed by atoms with Crippen LogP contribution >= 0.6 is 0 Å². The van der Waals surface area contributed by atoms with E-state index in [1.54, 1.807) is 16.8 Å². The number of hydrogen-bond donors (Lipinski definition) is 1. The molecule has 4 aromatic rings. The Balaban J connectivity index is 1.37. The Kier molecular flexibility index (Phi) is 6.43. The Bertz CT molecular complexity index is 1450. The van der Waals surface area contributed by atoms with Crippen molar-refractivity contribution in [3.8, 4) is 0 Å². The molecule has 2 aliphatic rings. The molecule has 2 aromatic carbocycles. The summed E-state index contributed by atoms with van der Waals surface area (Å²) in [6.45, 7) is 5.75. The number of rotatable bonds is 6. The quantitative estimate of drug-likeness (QED) is 0.432. The number of ether oxygens (including phenoxy) is 1. The van der Waals surface area contributed by atoms with Crippen molar-refractivity contribution in [2.24, 2.45) is 0 Å². The first-order chi connectivity index (χ1) is 18.1. The molecule has 37 heavy (non-hydrogen) atoms. The number of aromatic nitrogens is 5. The minimum atomic E-state index is -0.451. The minimum absolute atomic E-state index is 0.0540. The average molecular weight is 504 g/mol. The van der Waals surface area contributed by atoms with Gasteiger partial charge in [0, 0.05) is 38.3 Å². The van der Waals surface area contributed by atoms with Gasteiger partial charge in [0.05, 0.1) is 23.9 Å². The van der Waals surface area contributed by atoms with Crippen LogP contribution in [0.4, 0.5) is 10.1 Å². The number of H-pyrrole nitrogens is 1. The van der Waals surface area contributed by atoms with E-state index >= 15 is 0 Å². The van der Waals surface area contributed by atoms with Gasteiger partial charge in [-0.3, -0.25) is 9.69 Å². The lowest BCUT2D eigenvalue weighted by Crippen LogP contribution is -2.49. The van der Waals surface area contributed by atoms with Crippen LogP contribution in [-0.2, 0) is 11.3 Å².